The van der Waals surface area contributed by atoms with E-state index >= 15 is 0 Å². The van der Waals surface area contributed by atoms with Crippen LogP contribution in [0.5, 0.6) is 0 Å². The number of fused-ring (bicyclic) bond motifs is 1. The summed E-state index contributed by atoms with van der Waals surface area (Å²) in [4.78, 5) is 25.3. The Morgan fingerprint density at radius 2 is 1.79 bits per heavy atom. The van der Waals surface area contributed by atoms with Gasteiger partial charge in [-0.25, -0.2) is 4.79 Å². The van der Waals surface area contributed by atoms with E-state index in [0.29, 0.717) is 17.8 Å². The molecule has 1 aliphatic carbocycles. The quantitative estimate of drug-likeness (QED) is 0.651. The topological polar surface area (TPSA) is 61.8 Å². The highest BCUT2D eigenvalue weighted by Gasteiger charge is 2.55. The molecular weight excluding hydrogens is 356 g/mol. The van der Waals surface area contributed by atoms with Gasteiger partial charge in [0, 0.05) is 17.6 Å². The van der Waals surface area contributed by atoms with Gasteiger partial charge in [0.2, 0.25) is 0 Å². The molecule has 3 aliphatic rings. The third-order valence-electron chi connectivity index (χ3n) is 6.32. The molecular formula is C23H34O5. The van der Waals surface area contributed by atoms with Crippen LogP contribution in [0.3, 0.4) is 0 Å². The van der Waals surface area contributed by atoms with Crippen LogP contribution in [-0.2, 0) is 23.8 Å². The summed E-state index contributed by atoms with van der Waals surface area (Å²) in [6.07, 6.45) is 5.48. The van der Waals surface area contributed by atoms with Crippen LogP contribution in [0.2, 0.25) is 0 Å². The molecule has 0 amide bonds. The molecule has 0 saturated carbocycles. The summed E-state index contributed by atoms with van der Waals surface area (Å²) in [7, 11) is 0. The van der Waals surface area contributed by atoms with Crippen molar-refractivity contribution in [2.45, 2.75) is 92.1 Å². The predicted octanol–water partition coefficient (Wildman–Crippen LogP) is 4.71. The van der Waals surface area contributed by atoms with Gasteiger partial charge in [0.1, 0.15) is 5.76 Å². The third kappa shape index (κ3) is 3.59. The van der Waals surface area contributed by atoms with Crippen LogP contribution in [0.15, 0.2) is 23.5 Å². The Balaban J connectivity index is 2.11. The number of ketones is 1. The zero-order valence-electron chi connectivity index (χ0n) is 18.5. The van der Waals surface area contributed by atoms with Gasteiger partial charge in [0.25, 0.3) is 0 Å². The Morgan fingerprint density at radius 1 is 1.14 bits per heavy atom. The molecule has 2 heterocycles. The Morgan fingerprint density at radius 3 is 2.32 bits per heavy atom. The van der Waals surface area contributed by atoms with E-state index in [9.17, 15) is 9.59 Å². The van der Waals surface area contributed by atoms with Crippen LogP contribution in [0.25, 0.3) is 0 Å². The Kier molecular flexibility index (Phi) is 4.96. The van der Waals surface area contributed by atoms with Crippen molar-refractivity contribution in [1.29, 1.82) is 0 Å². The van der Waals surface area contributed by atoms with Crippen molar-refractivity contribution >= 4 is 11.8 Å². The van der Waals surface area contributed by atoms with E-state index in [4.69, 9.17) is 14.2 Å². The molecule has 28 heavy (non-hydrogen) atoms. The Bertz CT molecular complexity index is 753. The minimum Gasteiger partial charge on any atom is -0.427 e. The number of allylic oxidation sites excluding steroid dienone is 2. The van der Waals surface area contributed by atoms with Gasteiger partial charge in [0.15, 0.2) is 11.6 Å². The van der Waals surface area contributed by atoms with Crippen molar-refractivity contribution in [3.8, 4) is 0 Å². The highest BCUT2D eigenvalue weighted by Crippen LogP contribution is 2.56. The first-order chi connectivity index (χ1) is 12.7. The third-order valence-corrected chi connectivity index (χ3v) is 6.32. The fraction of sp³-hybridized carbons (Fsp3) is 0.739. The second-order valence-electron chi connectivity index (χ2n) is 10.4. The molecule has 0 radical (unpaired) electrons. The number of hydrogen-bond acceptors (Lipinski definition) is 5. The molecule has 0 spiro atoms. The second kappa shape index (κ2) is 6.53. The van der Waals surface area contributed by atoms with Crippen molar-refractivity contribution in [1.82, 2.24) is 0 Å². The fourth-order valence-electron chi connectivity index (χ4n) is 4.83. The fourth-order valence-corrected chi connectivity index (χ4v) is 4.83. The molecule has 5 nitrogen and oxygen atoms in total. The van der Waals surface area contributed by atoms with Gasteiger partial charge < -0.3 is 14.2 Å². The number of rotatable bonds is 4. The lowest BCUT2D eigenvalue weighted by Crippen LogP contribution is -2.45. The molecule has 0 N–H and O–H groups in total. The van der Waals surface area contributed by atoms with Crippen LogP contribution in [-0.4, -0.2) is 29.2 Å². The SMILES string of the molecule is CC(C)C(=O)C1=C2OC(=O)C=C[C@@]2(C[C@H]2OC(C)(C)OC2(C)C)CCC1(C)C. The highest BCUT2D eigenvalue weighted by molar-refractivity contribution is 5.99. The number of hydrogen-bond donors (Lipinski definition) is 0. The van der Waals surface area contributed by atoms with Crippen molar-refractivity contribution in [3.05, 3.63) is 23.5 Å². The number of esters is 1. The molecule has 0 unspecified atom stereocenters. The maximum absolute atomic E-state index is 13.2. The molecule has 0 aromatic rings. The van der Waals surface area contributed by atoms with E-state index in [1.807, 2.05) is 47.6 Å². The van der Waals surface area contributed by atoms with E-state index in [0.717, 1.165) is 12.8 Å². The molecule has 1 fully saturated rings. The van der Waals surface area contributed by atoms with E-state index in [-0.39, 0.29) is 23.2 Å². The minimum atomic E-state index is -0.672. The minimum absolute atomic E-state index is 0.0513. The van der Waals surface area contributed by atoms with Crippen LogP contribution >= 0.6 is 0 Å². The summed E-state index contributed by atoms with van der Waals surface area (Å²) in [6.45, 7) is 15.8. The van der Waals surface area contributed by atoms with Crippen molar-refractivity contribution in [3.63, 3.8) is 0 Å². The lowest BCUT2D eigenvalue weighted by Gasteiger charge is -2.47. The maximum Gasteiger partial charge on any atom is 0.335 e. The zero-order chi connectivity index (χ0) is 21.1. The first kappa shape index (κ1) is 21.3. The molecule has 0 aromatic carbocycles. The van der Waals surface area contributed by atoms with Gasteiger partial charge in [0.05, 0.1) is 17.1 Å². The first-order valence-corrected chi connectivity index (χ1v) is 10.3. The smallest absolute Gasteiger partial charge is 0.335 e. The summed E-state index contributed by atoms with van der Waals surface area (Å²) < 4.78 is 18.1. The van der Waals surface area contributed by atoms with Gasteiger partial charge in [-0.3, -0.25) is 4.79 Å². The van der Waals surface area contributed by atoms with Gasteiger partial charge >= 0.3 is 5.97 Å². The van der Waals surface area contributed by atoms with Gasteiger partial charge in [-0.2, -0.15) is 0 Å². The standard InChI is InChI=1S/C23H34O5/c1-14(2)18(25)17-19-23(10-9-16(24)26-19,12-11-20(17,3)4)13-15-21(5,6)28-22(7,8)27-15/h9-10,14-15H,11-13H2,1-8H3/t15-,23+/m1/s1. The monoisotopic (exact) mass is 390 g/mol. The average molecular weight is 391 g/mol. The number of carbonyl (C=O) groups excluding carboxylic acids is 2. The largest absolute Gasteiger partial charge is 0.427 e. The molecule has 2 atom stereocenters. The average Bonchev–Trinajstić information content (AvgIpc) is 2.74. The maximum atomic E-state index is 13.2. The number of ether oxygens (including phenoxy) is 3. The zero-order valence-corrected chi connectivity index (χ0v) is 18.5. The molecule has 0 aromatic heterocycles. The number of carbonyl (C=O) groups is 2. The summed E-state index contributed by atoms with van der Waals surface area (Å²) in [5, 5.41) is 0. The summed E-state index contributed by atoms with van der Waals surface area (Å²) in [6, 6.07) is 0. The highest BCUT2D eigenvalue weighted by atomic mass is 16.8. The van der Waals surface area contributed by atoms with Crippen molar-refractivity contribution in [2.24, 2.45) is 16.7 Å². The molecule has 3 rings (SSSR count). The van der Waals surface area contributed by atoms with Gasteiger partial charge in [-0.15, -0.1) is 0 Å². The summed E-state index contributed by atoms with van der Waals surface area (Å²) in [5.74, 6) is -0.674. The first-order valence-electron chi connectivity index (χ1n) is 10.3. The molecule has 1 saturated heterocycles. The lowest BCUT2D eigenvalue weighted by molar-refractivity contribution is -0.159. The van der Waals surface area contributed by atoms with E-state index < -0.39 is 22.8 Å². The van der Waals surface area contributed by atoms with Crippen molar-refractivity contribution < 1.29 is 23.8 Å². The predicted molar refractivity (Wildman–Crippen MR) is 106 cm³/mol. The van der Waals surface area contributed by atoms with E-state index in [1.165, 1.54) is 6.08 Å². The number of Topliss-reactive ketones (excluding diaryl/α,β-unsaturated/α-hetero) is 1. The van der Waals surface area contributed by atoms with Crippen LogP contribution in [0, 0.1) is 16.7 Å². The normalized spacial score (nSPS) is 33.0. The Hall–Kier alpha value is -1.46. The Labute approximate surface area is 168 Å². The van der Waals surface area contributed by atoms with Gasteiger partial charge in [-0.1, -0.05) is 33.8 Å². The van der Waals surface area contributed by atoms with E-state index in [2.05, 4.69) is 13.8 Å². The molecule has 2 aliphatic heterocycles. The lowest BCUT2D eigenvalue weighted by atomic mass is 9.60. The van der Waals surface area contributed by atoms with Crippen LogP contribution in [0.1, 0.15) is 74.7 Å². The molecule has 156 valence electrons. The van der Waals surface area contributed by atoms with Crippen LogP contribution in [0.4, 0.5) is 0 Å². The van der Waals surface area contributed by atoms with Crippen molar-refractivity contribution in [2.75, 3.05) is 0 Å². The van der Waals surface area contributed by atoms with Gasteiger partial charge in [-0.05, 0) is 52.4 Å². The van der Waals surface area contributed by atoms with E-state index in [1.54, 1.807) is 0 Å². The summed E-state index contributed by atoms with van der Waals surface area (Å²) in [5.41, 5.74) is -0.696. The summed E-state index contributed by atoms with van der Waals surface area (Å²) >= 11 is 0. The second-order valence-corrected chi connectivity index (χ2v) is 10.4. The molecule has 5 heteroatoms. The molecule has 0 bridgehead atoms. The van der Waals surface area contributed by atoms with Crippen LogP contribution < -0.4 is 0 Å².